The fourth-order valence-electron chi connectivity index (χ4n) is 3.42. The molecule has 6 nitrogen and oxygen atoms in total. The Kier molecular flexibility index (Phi) is 6.18. The Morgan fingerprint density at radius 1 is 1.30 bits per heavy atom. The van der Waals surface area contributed by atoms with Gasteiger partial charge in [-0.05, 0) is 26.7 Å². The lowest BCUT2D eigenvalue weighted by Gasteiger charge is -2.41. The number of rotatable bonds is 6. The standard InChI is InChI=1S/C17H30N4O2/c1-12(2)16(21-9-14(4)23-15(5)10-21)17(22)19-13(3)8-20-7-6-18-11-20/h6-7,11-16H,8-10H2,1-5H3,(H,19,22). The van der Waals surface area contributed by atoms with Crippen molar-refractivity contribution in [3.8, 4) is 0 Å². The molecule has 0 saturated carbocycles. The van der Waals surface area contributed by atoms with Crippen LogP contribution in [0.25, 0.3) is 0 Å². The van der Waals surface area contributed by atoms with Gasteiger partial charge in [0.1, 0.15) is 0 Å². The largest absolute Gasteiger partial charge is 0.373 e. The fourth-order valence-corrected chi connectivity index (χ4v) is 3.42. The van der Waals surface area contributed by atoms with Crippen LogP contribution in [0.15, 0.2) is 18.7 Å². The molecule has 0 radical (unpaired) electrons. The second kappa shape index (κ2) is 7.93. The SMILES string of the molecule is CC(Cn1ccnc1)NC(=O)C(C(C)C)N1CC(C)OC(C)C1. The third-order valence-electron chi connectivity index (χ3n) is 4.17. The summed E-state index contributed by atoms with van der Waals surface area (Å²) in [5, 5.41) is 3.16. The lowest BCUT2D eigenvalue weighted by molar-refractivity contribution is -0.136. The van der Waals surface area contributed by atoms with Gasteiger partial charge in [0, 0.05) is 38.1 Å². The van der Waals surface area contributed by atoms with Gasteiger partial charge in [-0.15, -0.1) is 0 Å². The minimum absolute atomic E-state index is 0.0637. The van der Waals surface area contributed by atoms with E-state index >= 15 is 0 Å². The Morgan fingerprint density at radius 2 is 1.96 bits per heavy atom. The average Bonchev–Trinajstić information content (AvgIpc) is 2.89. The summed E-state index contributed by atoms with van der Waals surface area (Å²) in [6, 6.07) is -0.0529. The summed E-state index contributed by atoms with van der Waals surface area (Å²) < 4.78 is 7.77. The third kappa shape index (κ3) is 5.04. The minimum Gasteiger partial charge on any atom is -0.373 e. The molecule has 1 aliphatic rings. The van der Waals surface area contributed by atoms with E-state index in [1.54, 1.807) is 12.5 Å². The number of hydrogen-bond acceptors (Lipinski definition) is 4. The highest BCUT2D eigenvalue weighted by Crippen LogP contribution is 2.19. The van der Waals surface area contributed by atoms with E-state index in [2.05, 4.69) is 42.9 Å². The van der Waals surface area contributed by atoms with Gasteiger partial charge in [-0.2, -0.15) is 0 Å². The number of ether oxygens (including phenoxy) is 1. The topological polar surface area (TPSA) is 59.4 Å². The van der Waals surface area contributed by atoms with E-state index in [4.69, 9.17) is 4.74 Å². The first-order chi connectivity index (χ1) is 10.9. The molecule has 2 rings (SSSR count). The molecule has 0 bridgehead atoms. The van der Waals surface area contributed by atoms with E-state index in [1.807, 2.05) is 17.7 Å². The van der Waals surface area contributed by atoms with Gasteiger partial charge in [-0.3, -0.25) is 9.69 Å². The van der Waals surface area contributed by atoms with Crippen LogP contribution in [0.4, 0.5) is 0 Å². The number of imidazole rings is 1. The molecule has 1 fully saturated rings. The molecule has 2 heterocycles. The quantitative estimate of drug-likeness (QED) is 0.863. The number of amides is 1. The van der Waals surface area contributed by atoms with Crippen molar-refractivity contribution in [3.05, 3.63) is 18.7 Å². The van der Waals surface area contributed by atoms with Crippen LogP contribution in [0.3, 0.4) is 0 Å². The first-order valence-corrected chi connectivity index (χ1v) is 8.52. The molecule has 0 aromatic carbocycles. The molecule has 6 heteroatoms. The van der Waals surface area contributed by atoms with Gasteiger partial charge in [0.15, 0.2) is 0 Å². The van der Waals surface area contributed by atoms with Gasteiger partial charge < -0.3 is 14.6 Å². The maximum absolute atomic E-state index is 12.8. The van der Waals surface area contributed by atoms with E-state index in [9.17, 15) is 4.79 Å². The minimum atomic E-state index is -0.117. The van der Waals surface area contributed by atoms with Crippen LogP contribution in [-0.4, -0.2) is 57.7 Å². The van der Waals surface area contributed by atoms with E-state index in [1.165, 1.54) is 0 Å². The summed E-state index contributed by atoms with van der Waals surface area (Å²) in [5.74, 6) is 0.363. The molecular formula is C17H30N4O2. The van der Waals surface area contributed by atoms with Crippen molar-refractivity contribution in [1.29, 1.82) is 0 Å². The zero-order valence-corrected chi connectivity index (χ0v) is 14.9. The third-order valence-corrected chi connectivity index (χ3v) is 4.17. The summed E-state index contributed by atoms with van der Waals surface area (Å²) in [6.45, 7) is 12.7. The predicted molar refractivity (Wildman–Crippen MR) is 90.0 cm³/mol. The van der Waals surface area contributed by atoms with Crippen LogP contribution in [0.1, 0.15) is 34.6 Å². The van der Waals surface area contributed by atoms with Gasteiger partial charge in [0.2, 0.25) is 5.91 Å². The lowest BCUT2D eigenvalue weighted by atomic mass is 9.99. The molecule has 0 aliphatic carbocycles. The summed E-state index contributed by atoms with van der Waals surface area (Å²) in [5.41, 5.74) is 0. The van der Waals surface area contributed by atoms with Crippen molar-refractivity contribution in [3.63, 3.8) is 0 Å². The van der Waals surface area contributed by atoms with Gasteiger partial charge in [-0.1, -0.05) is 13.8 Å². The van der Waals surface area contributed by atoms with Crippen LogP contribution in [0.5, 0.6) is 0 Å². The Balaban J connectivity index is 1.97. The average molecular weight is 322 g/mol. The van der Waals surface area contributed by atoms with Crippen LogP contribution >= 0.6 is 0 Å². The van der Waals surface area contributed by atoms with Gasteiger partial charge in [-0.25, -0.2) is 4.98 Å². The van der Waals surface area contributed by atoms with Gasteiger partial charge in [0.25, 0.3) is 0 Å². The number of aromatic nitrogens is 2. The number of carbonyl (C=O) groups is 1. The zero-order chi connectivity index (χ0) is 17.0. The van der Waals surface area contributed by atoms with Crippen molar-refractivity contribution >= 4 is 5.91 Å². The number of morpholine rings is 1. The van der Waals surface area contributed by atoms with Crippen molar-refractivity contribution in [2.45, 2.75) is 65.5 Å². The number of hydrogen-bond donors (Lipinski definition) is 1. The molecule has 0 spiro atoms. The molecule has 1 aromatic rings. The van der Waals surface area contributed by atoms with E-state index in [0.29, 0.717) is 0 Å². The summed E-state index contributed by atoms with van der Waals surface area (Å²) in [6.07, 6.45) is 5.76. The monoisotopic (exact) mass is 322 g/mol. The molecule has 1 N–H and O–H groups in total. The van der Waals surface area contributed by atoms with Gasteiger partial charge in [0.05, 0.1) is 24.6 Å². The second-order valence-electron chi connectivity index (χ2n) is 7.07. The highest BCUT2D eigenvalue weighted by atomic mass is 16.5. The van der Waals surface area contributed by atoms with Crippen LogP contribution in [0, 0.1) is 5.92 Å². The highest BCUT2D eigenvalue weighted by Gasteiger charge is 2.34. The maximum Gasteiger partial charge on any atom is 0.237 e. The fraction of sp³-hybridized carbons (Fsp3) is 0.765. The molecule has 4 atom stereocenters. The Hall–Kier alpha value is -1.40. The Morgan fingerprint density at radius 3 is 2.48 bits per heavy atom. The van der Waals surface area contributed by atoms with E-state index < -0.39 is 0 Å². The normalized spacial score (nSPS) is 25.3. The molecule has 1 aromatic heterocycles. The van der Waals surface area contributed by atoms with Gasteiger partial charge >= 0.3 is 0 Å². The molecular weight excluding hydrogens is 292 g/mol. The van der Waals surface area contributed by atoms with Crippen LogP contribution in [0.2, 0.25) is 0 Å². The maximum atomic E-state index is 12.8. The van der Waals surface area contributed by atoms with E-state index in [0.717, 1.165) is 19.6 Å². The highest BCUT2D eigenvalue weighted by molar-refractivity contribution is 5.82. The molecule has 1 saturated heterocycles. The van der Waals surface area contributed by atoms with Crippen molar-refractivity contribution in [1.82, 2.24) is 19.8 Å². The van der Waals surface area contributed by atoms with Crippen molar-refractivity contribution in [2.24, 2.45) is 5.92 Å². The molecule has 4 unspecified atom stereocenters. The predicted octanol–water partition coefficient (Wildman–Crippen LogP) is 1.52. The Bertz CT molecular complexity index is 479. The second-order valence-corrected chi connectivity index (χ2v) is 7.07. The Labute approximate surface area is 139 Å². The first kappa shape index (κ1) is 17.9. The molecule has 130 valence electrons. The number of nitrogens with zero attached hydrogens (tertiary/aromatic N) is 3. The first-order valence-electron chi connectivity index (χ1n) is 8.52. The van der Waals surface area contributed by atoms with E-state index in [-0.39, 0.29) is 36.1 Å². The molecule has 23 heavy (non-hydrogen) atoms. The number of carbonyl (C=O) groups excluding carboxylic acids is 1. The number of nitrogens with one attached hydrogen (secondary N) is 1. The summed E-state index contributed by atoms with van der Waals surface area (Å²) in [4.78, 5) is 19.1. The van der Waals surface area contributed by atoms with Crippen LogP contribution < -0.4 is 5.32 Å². The van der Waals surface area contributed by atoms with Crippen LogP contribution in [-0.2, 0) is 16.1 Å². The smallest absolute Gasteiger partial charge is 0.237 e. The van der Waals surface area contributed by atoms with Crippen molar-refractivity contribution < 1.29 is 9.53 Å². The van der Waals surface area contributed by atoms with Crippen molar-refractivity contribution in [2.75, 3.05) is 13.1 Å². The molecule has 1 amide bonds. The summed E-state index contributed by atoms with van der Waals surface area (Å²) in [7, 11) is 0. The lowest BCUT2D eigenvalue weighted by Crippen LogP contribution is -2.58. The zero-order valence-electron chi connectivity index (χ0n) is 14.9. The summed E-state index contributed by atoms with van der Waals surface area (Å²) >= 11 is 0. The molecule has 1 aliphatic heterocycles.